The van der Waals surface area contributed by atoms with Crippen LogP contribution in [-0.2, 0) is 6.18 Å². The number of hydrogen-bond acceptors (Lipinski definition) is 5. The highest BCUT2D eigenvalue weighted by atomic mass is 79.9. The van der Waals surface area contributed by atoms with E-state index < -0.39 is 46.6 Å². The van der Waals surface area contributed by atoms with Gasteiger partial charge in [-0.25, -0.2) is 19.2 Å². The molecule has 176 valence electrons. The molecular weight excluding hydrogens is 526 g/mol. The number of pyridine rings is 2. The highest BCUT2D eigenvalue weighted by Crippen LogP contribution is 2.40. The zero-order valence-electron chi connectivity index (χ0n) is 17.0. The highest BCUT2D eigenvalue weighted by Gasteiger charge is 2.38. The molecule has 1 saturated carbocycles. The van der Waals surface area contributed by atoms with E-state index in [2.05, 4.69) is 25.9 Å². The fourth-order valence-corrected chi connectivity index (χ4v) is 3.45. The van der Waals surface area contributed by atoms with Crippen molar-refractivity contribution in [2.45, 2.75) is 25.1 Å². The van der Waals surface area contributed by atoms with Crippen molar-refractivity contribution >= 4 is 33.5 Å². The minimum atomic E-state index is -4.83. The van der Waals surface area contributed by atoms with Gasteiger partial charge in [0, 0.05) is 35.0 Å². The van der Waals surface area contributed by atoms with E-state index in [1.54, 1.807) is 6.07 Å². The quantitative estimate of drug-likeness (QED) is 0.404. The molecule has 34 heavy (non-hydrogen) atoms. The summed E-state index contributed by atoms with van der Waals surface area (Å²) < 4.78 is 60.4. The number of carbonyl (C=O) groups excluding carboxylic acids is 1. The lowest BCUT2D eigenvalue weighted by molar-refractivity contribution is -0.138. The molecule has 1 aliphatic rings. The predicted molar refractivity (Wildman–Crippen MR) is 114 cm³/mol. The third-order valence-electron chi connectivity index (χ3n) is 4.90. The van der Waals surface area contributed by atoms with E-state index in [1.807, 2.05) is 0 Å². The number of ether oxygens (including phenoxy) is 1. The maximum Gasteiger partial charge on any atom is 0.421 e. The first-order valence-corrected chi connectivity index (χ1v) is 10.6. The van der Waals surface area contributed by atoms with E-state index in [0.29, 0.717) is 23.4 Å². The van der Waals surface area contributed by atoms with Gasteiger partial charge >= 0.3 is 12.1 Å². The SMILES string of the molecule is O=C(O)c1cc(Oc2ncccc2C(F)(F)F)c(F)cc1N(C(=O)c1ccc(Br)cn1)C1CC1. The van der Waals surface area contributed by atoms with Crippen molar-refractivity contribution in [3.63, 3.8) is 0 Å². The van der Waals surface area contributed by atoms with Gasteiger partial charge in [-0.15, -0.1) is 0 Å². The Morgan fingerprint density at radius 3 is 2.47 bits per heavy atom. The topological polar surface area (TPSA) is 92.6 Å². The van der Waals surface area contributed by atoms with Crippen LogP contribution >= 0.6 is 15.9 Å². The minimum Gasteiger partial charge on any atom is -0.478 e. The monoisotopic (exact) mass is 539 g/mol. The van der Waals surface area contributed by atoms with Crippen LogP contribution in [0.15, 0.2) is 53.3 Å². The van der Waals surface area contributed by atoms with Gasteiger partial charge in [0.1, 0.15) is 11.3 Å². The summed E-state index contributed by atoms with van der Waals surface area (Å²) in [5.41, 5.74) is -2.04. The van der Waals surface area contributed by atoms with Crippen molar-refractivity contribution in [2.75, 3.05) is 4.90 Å². The molecule has 1 aromatic carbocycles. The molecule has 0 radical (unpaired) electrons. The molecule has 1 N–H and O–H groups in total. The van der Waals surface area contributed by atoms with Crippen molar-refractivity contribution in [1.82, 2.24) is 9.97 Å². The normalized spacial score (nSPS) is 13.4. The van der Waals surface area contributed by atoms with Gasteiger partial charge in [0.2, 0.25) is 5.88 Å². The van der Waals surface area contributed by atoms with Crippen LogP contribution in [0.25, 0.3) is 0 Å². The Balaban J connectivity index is 1.77. The van der Waals surface area contributed by atoms with E-state index in [9.17, 15) is 32.3 Å². The third kappa shape index (κ3) is 4.86. The van der Waals surface area contributed by atoms with Crippen LogP contribution in [0.4, 0.5) is 23.2 Å². The number of benzene rings is 1. The number of aromatic nitrogens is 2. The Labute approximate surface area is 198 Å². The van der Waals surface area contributed by atoms with Gasteiger partial charge in [-0.1, -0.05) is 0 Å². The number of aromatic carboxylic acids is 1. The second-order valence-corrected chi connectivity index (χ2v) is 8.24. The lowest BCUT2D eigenvalue weighted by atomic mass is 10.1. The molecule has 7 nitrogen and oxygen atoms in total. The second kappa shape index (κ2) is 9.01. The number of carboxylic acids is 1. The number of nitrogens with zero attached hydrogens (tertiary/aromatic N) is 3. The number of carbonyl (C=O) groups is 2. The summed E-state index contributed by atoms with van der Waals surface area (Å²) in [6.45, 7) is 0. The van der Waals surface area contributed by atoms with Crippen LogP contribution in [-0.4, -0.2) is 33.0 Å². The van der Waals surface area contributed by atoms with Gasteiger partial charge in [0.15, 0.2) is 11.6 Å². The molecule has 0 aliphatic heterocycles. The van der Waals surface area contributed by atoms with Crippen LogP contribution in [0.1, 0.15) is 39.3 Å². The predicted octanol–water partition coefficient (Wildman–Crippen LogP) is 5.70. The van der Waals surface area contributed by atoms with E-state index >= 15 is 0 Å². The average Bonchev–Trinajstić information content (AvgIpc) is 3.60. The fourth-order valence-electron chi connectivity index (χ4n) is 3.21. The molecule has 0 unspecified atom stereocenters. The number of anilines is 1. The third-order valence-corrected chi connectivity index (χ3v) is 5.37. The summed E-state index contributed by atoms with van der Waals surface area (Å²) in [4.78, 5) is 33.7. The van der Waals surface area contributed by atoms with Crippen LogP contribution in [0.2, 0.25) is 0 Å². The molecule has 1 aliphatic carbocycles. The van der Waals surface area contributed by atoms with Crippen LogP contribution in [0.5, 0.6) is 11.6 Å². The van der Waals surface area contributed by atoms with Gasteiger partial charge in [0.05, 0.1) is 11.3 Å². The molecule has 0 spiro atoms. The second-order valence-electron chi connectivity index (χ2n) is 7.33. The van der Waals surface area contributed by atoms with E-state index in [-0.39, 0.29) is 17.4 Å². The number of rotatable bonds is 6. The average molecular weight is 540 g/mol. The largest absolute Gasteiger partial charge is 0.478 e. The Bertz CT molecular complexity index is 1260. The van der Waals surface area contributed by atoms with Crippen molar-refractivity contribution in [1.29, 1.82) is 0 Å². The molecule has 12 heteroatoms. The van der Waals surface area contributed by atoms with Gasteiger partial charge in [0.25, 0.3) is 5.91 Å². The van der Waals surface area contributed by atoms with E-state index in [4.69, 9.17) is 4.74 Å². The molecule has 1 fully saturated rings. The van der Waals surface area contributed by atoms with Gasteiger partial charge < -0.3 is 14.7 Å². The minimum absolute atomic E-state index is 0.00970. The first-order chi connectivity index (χ1) is 16.1. The van der Waals surface area contributed by atoms with Gasteiger partial charge in [-0.2, -0.15) is 13.2 Å². The summed E-state index contributed by atoms with van der Waals surface area (Å²) >= 11 is 3.21. The van der Waals surface area contributed by atoms with E-state index in [1.165, 1.54) is 12.3 Å². The molecule has 0 atom stereocenters. The number of hydrogen-bond donors (Lipinski definition) is 1. The molecule has 3 aromatic rings. The fraction of sp³-hybridized carbons (Fsp3) is 0.182. The molecule has 2 heterocycles. The standard InChI is InChI=1S/C22H14BrF4N3O4/c23-11-3-6-16(29-10-11)20(31)30(12-4-5-12)17-9-15(24)18(8-13(17)21(32)33)34-19-14(22(25,26)27)2-1-7-28-19/h1-3,6-10,12H,4-5H2,(H,32,33). The Kier molecular flexibility index (Phi) is 6.26. The smallest absolute Gasteiger partial charge is 0.421 e. The number of amides is 1. The summed E-state index contributed by atoms with van der Waals surface area (Å²) in [7, 11) is 0. The summed E-state index contributed by atoms with van der Waals surface area (Å²) in [6.07, 6.45) is -1.30. The zero-order chi connectivity index (χ0) is 24.6. The molecule has 1 amide bonds. The maximum atomic E-state index is 15.0. The van der Waals surface area contributed by atoms with Crippen LogP contribution in [0, 0.1) is 5.82 Å². The summed E-state index contributed by atoms with van der Waals surface area (Å²) in [5.74, 6) is -5.06. The van der Waals surface area contributed by atoms with Crippen molar-refractivity contribution in [3.8, 4) is 11.6 Å². The van der Waals surface area contributed by atoms with Gasteiger partial charge in [-0.05, 0) is 53.0 Å². The number of alkyl halides is 3. The first-order valence-electron chi connectivity index (χ1n) is 9.78. The van der Waals surface area contributed by atoms with Crippen molar-refractivity contribution < 1.29 is 37.0 Å². The van der Waals surface area contributed by atoms with Crippen LogP contribution in [0.3, 0.4) is 0 Å². The Hall–Kier alpha value is -3.54. The van der Waals surface area contributed by atoms with Crippen molar-refractivity contribution in [3.05, 3.63) is 75.9 Å². The van der Waals surface area contributed by atoms with Crippen LogP contribution < -0.4 is 9.64 Å². The van der Waals surface area contributed by atoms with Gasteiger partial charge in [-0.3, -0.25) is 4.79 Å². The number of carboxylic acid groups (broad SMARTS) is 1. The van der Waals surface area contributed by atoms with Crippen molar-refractivity contribution in [2.24, 2.45) is 0 Å². The number of halogens is 5. The lowest BCUT2D eigenvalue weighted by Crippen LogP contribution is -2.35. The Morgan fingerprint density at radius 2 is 1.88 bits per heavy atom. The molecular formula is C22H14BrF4N3O4. The molecule has 0 bridgehead atoms. The zero-order valence-corrected chi connectivity index (χ0v) is 18.6. The summed E-state index contributed by atoms with van der Waals surface area (Å²) in [6, 6.07) is 5.85. The highest BCUT2D eigenvalue weighted by molar-refractivity contribution is 9.10. The molecule has 0 saturated heterocycles. The van der Waals surface area contributed by atoms with E-state index in [0.717, 1.165) is 29.3 Å². The molecule has 4 rings (SSSR count). The summed E-state index contributed by atoms with van der Waals surface area (Å²) in [5, 5.41) is 9.74. The Morgan fingerprint density at radius 1 is 1.15 bits per heavy atom. The molecule has 2 aromatic heterocycles. The lowest BCUT2D eigenvalue weighted by Gasteiger charge is -2.24. The maximum absolute atomic E-state index is 15.0. The first kappa shape index (κ1) is 23.6.